The molecule has 0 saturated carbocycles. The Balaban J connectivity index is 3.12. The third kappa shape index (κ3) is 5.34. The molecule has 0 saturated heterocycles. The van der Waals surface area contributed by atoms with E-state index in [9.17, 15) is 9.59 Å². The van der Waals surface area contributed by atoms with Gasteiger partial charge in [0.05, 0.1) is 17.1 Å². The molecule has 23 heavy (non-hydrogen) atoms. The van der Waals surface area contributed by atoms with Crippen molar-refractivity contribution >= 4 is 33.3 Å². The highest BCUT2D eigenvalue weighted by atomic mass is 79.9. The van der Waals surface area contributed by atoms with Crippen molar-refractivity contribution in [1.82, 2.24) is 0 Å². The van der Waals surface area contributed by atoms with Crippen LogP contribution >= 0.6 is 15.9 Å². The minimum absolute atomic E-state index is 0.00894. The molecule has 0 fully saturated rings. The van der Waals surface area contributed by atoms with E-state index in [1.807, 2.05) is 41.5 Å². The number of ketones is 1. The molecule has 1 rings (SSSR count). The van der Waals surface area contributed by atoms with Crippen LogP contribution in [0.5, 0.6) is 5.75 Å². The van der Waals surface area contributed by atoms with Gasteiger partial charge in [0.15, 0.2) is 5.78 Å². The average molecular weight is 384 g/mol. The Bertz CT molecular complexity index is 576. The van der Waals surface area contributed by atoms with Crippen LogP contribution < -0.4 is 10.1 Å². The summed E-state index contributed by atoms with van der Waals surface area (Å²) in [5.74, 6) is 0.616. The first kappa shape index (κ1) is 19.7. The lowest BCUT2D eigenvalue weighted by Gasteiger charge is -2.20. The molecule has 1 aromatic carbocycles. The van der Waals surface area contributed by atoms with Crippen LogP contribution in [0.4, 0.5) is 5.69 Å². The number of halogens is 1. The number of anilines is 1. The second-order valence-corrected chi connectivity index (χ2v) is 7.84. The third-order valence-electron chi connectivity index (χ3n) is 3.33. The summed E-state index contributed by atoms with van der Waals surface area (Å²) in [5.41, 5.74) is 0.646. The highest BCUT2D eigenvalue weighted by Crippen LogP contribution is 2.30. The summed E-state index contributed by atoms with van der Waals surface area (Å²) in [5, 5.41) is 2.87. The normalized spacial score (nSPS) is 12.9. The van der Waals surface area contributed by atoms with Gasteiger partial charge < -0.3 is 10.1 Å². The Morgan fingerprint density at radius 2 is 1.87 bits per heavy atom. The second kappa shape index (κ2) is 7.95. The first-order valence-corrected chi connectivity index (χ1v) is 8.76. The van der Waals surface area contributed by atoms with Gasteiger partial charge >= 0.3 is 0 Å². The predicted molar refractivity (Wildman–Crippen MR) is 97.6 cm³/mol. The minimum Gasteiger partial charge on any atom is -0.492 e. The van der Waals surface area contributed by atoms with Gasteiger partial charge in [-0.1, -0.05) is 50.5 Å². The molecule has 4 nitrogen and oxygen atoms in total. The monoisotopic (exact) mass is 383 g/mol. The van der Waals surface area contributed by atoms with E-state index in [-0.39, 0.29) is 22.4 Å². The Labute approximate surface area is 147 Å². The van der Waals surface area contributed by atoms with E-state index in [4.69, 9.17) is 4.74 Å². The zero-order valence-corrected chi connectivity index (χ0v) is 16.3. The zero-order valence-electron chi connectivity index (χ0n) is 14.7. The Kier molecular flexibility index (Phi) is 6.81. The molecule has 1 atom stereocenters. The van der Waals surface area contributed by atoms with Crippen molar-refractivity contribution < 1.29 is 14.3 Å². The number of Topliss-reactive ketones (excluding diaryl/α,β-unsaturated/α-hetero) is 1. The van der Waals surface area contributed by atoms with E-state index in [0.717, 1.165) is 0 Å². The van der Waals surface area contributed by atoms with Crippen molar-refractivity contribution in [2.75, 3.05) is 11.9 Å². The SMILES string of the molecule is CCOc1cc(C(=O)C(Br)C(C)C)ccc1NC(=O)C(C)(C)C. The lowest BCUT2D eigenvalue weighted by Crippen LogP contribution is -2.28. The van der Waals surface area contributed by atoms with Crippen molar-refractivity contribution in [3.63, 3.8) is 0 Å². The van der Waals surface area contributed by atoms with Crippen molar-refractivity contribution in [1.29, 1.82) is 0 Å². The number of benzene rings is 1. The lowest BCUT2D eigenvalue weighted by molar-refractivity contribution is -0.123. The number of hydrogen-bond donors (Lipinski definition) is 1. The van der Waals surface area contributed by atoms with Gasteiger partial charge in [-0.15, -0.1) is 0 Å². The van der Waals surface area contributed by atoms with Crippen molar-refractivity contribution in [3.05, 3.63) is 23.8 Å². The Morgan fingerprint density at radius 1 is 1.26 bits per heavy atom. The maximum Gasteiger partial charge on any atom is 0.229 e. The Morgan fingerprint density at radius 3 is 2.35 bits per heavy atom. The second-order valence-electron chi connectivity index (χ2n) is 6.86. The molecule has 0 aliphatic carbocycles. The smallest absolute Gasteiger partial charge is 0.229 e. The van der Waals surface area contributed by atoms with Gasteiger partial charge in [0.2, 0.25) is 5.91 Å². The molecule has 0 heterocycles. The van der Waals surface area contributed by atoms with Gasteiger partial charge in [0.1, 0.15) is 5.75 Å². The molecular weight excluding hydrogens is 358 g/mol. The molecule has 0 radical (unpaired) electrons. The van der Waals surface area contributed by atoms with Gasteiger partial charge in [-0.2, -0.15) is 0 Å². The molecule has 1 aromatic rings. The topological polar surface area (TPSA) is 55.4 Å². The minimum atomic E-state index is -0.503. The summed E-state index contributed by atoms with van der Waals surface area (Å²) < 4.78 is 5.60. The number of alkyl halides is 1. The Hall–Kier alpha value is -1.36. The van der Waals surface area contributed by atoms with Crippen LogP contribution in [0.15, 0.2) is 18.2 Å². The van der Waals surface area contributed by atoms with Crippen molar-refractivity contribution in [2.24, 2.45) is 11.3 Å². The molecule has 0 spiro atoms. The van der Waals surface area contributed by atoms with Gasteiger partial charge in [-0.25, -0.2) is 0 Å². The van der Waals surface area contributed by atoms with Gasteiger partial charge in [-0.3, -0.25) is 9.59 Å². The summed E-state index contributed by atoms with van der Waals surface area (Å²) in [6.07, 6.45) is 0. The number of hydrogen-bond acceptors (Lipinski definition) is 3. The number of carbonyl (C=O) groups excluding carboxylic acids is 2. The van der Waals surface area contributed by atoms with Crippen LogP contribution in [0, 0.1) is 11.3 Å². The first-order valence-electron chi connectivity index (χ1n) is 7.84. The molecule has 0 aromatic heterocycles. The summed E-state index contributed by atoms with van der Waals surface area (Å²) in [6.45, 7) is 11.8. The van der Waals surface area contributed by atoms with Crippen molar-refractivity contribution in [2.45, 2.75) is 46.4 Å². The van der Waals surface area contributed by atoms with E-state index in [1.165, 1.54) is 0 Å². The van der Waals surface area contributed by atoms with Gasteiger partial charge in [0.25, 0.3) is 0 Å². The molecule has 1 unspecified atom stereocenters. The maximum absolute atomic E-state index is 12.4. The third-order valence-corrected chi connectivity index (χ3v) is 4.80. The summed E-state index contributed by atoms with van der Waals surface area (Å²) >= 11 is 3.43. The first-order chi connectivity index (χ1) is 10.6. The van der Waals surface area contributed by atoms with Gasteiger partial charge in [-0.05, 0) is 31.0 Å². The average Bonchev–Trinajstić information content (AvgIpc) is 2.46. The summed E-state index contributed by atoms with van der Waals surface area (Å²) in [7, 11) is 0. The molecule has 128 valence electrons. The highest BCUT2D eigenvalue weighted by molar-refractivity contribution is 9.10. The number of rotatable bonds is 6. The standard InChI is InChI=1S/C18H26BrNO3/c1-7-23-14-10-12(16(21)15(19)11(2)3)8-9-13(14)20-17(22)18(4,5)6/h8-11,15H,7H2,1-6H3,(H,20,22). The van der Waals surface area contributed by atoms with E-state index in [0.29, 0.717) is 23.6 Å². The fourth-order valence-electron chi connectivity index (χ4n) is 1.83. The van der Waals surface area contributed by atoms with E-state index < -0.39 is 5.41 Å². The van der Waals surface area contributed by atoms with Crippen LogP contribution in [0.1, 0.15) is 51.9 Å². The van der Waals surface area contributed by atoms with Crippen LogP contribution in [0.25, 0.3) is 0 Å². The van der Waals surface area contributed by atoms with E-state index >= 15 is 0 Å². The van der Waals surface area contributed by atoms with Crippen LogP contribution in [0.3, 0.4) is 0 Å². The summed E-state index contributed by atoms with van der Waals surface area (Å²) in [6, 6.07) is 5.14. The maximum atomic E-state index is 12.4. The predicted octanol–water partition coefficient (Wildman–Crippen LogP) is 4.67. The van der Waals surface area contributed by atoms with Gasteiger partial charge in [0, 0.05) is 11.0 Å². The molecule has 1 amide bonds. The van der Waals surface area contributed by atoms with Crippen LogP contribution in [-0.2, 0) is 4.79 Å². The number of ether oxygens (including phenoxy) is 1. The van der Waals surface area contributed by atoms with Crippen LogP contribution in [0.2, 0.25) is 0 Å². The molecule has 1 N–H and O–H groups in total. The van der Waals surface area contributed by atoms with Crippen LogP contribution in [-0.4, -0.2) is 23.1 Å². The number of nitrogens with one attached hydrogen (secondary N) is 1. The van der Waals surface area contributed by atoms with E-state index in [2.05, 4.69) is 21.2 Å². The highest BCUT2D eigenvalue weighted by Gasteiger charge is 2.24. The molecular formula is C18H26BrNO3. The number of carbonyl (C=O) groups is 2. The lowest BCUT2D eigenvalue weighted by atomic mass is 9.95. The molecule has 0 aliphatic rings. The largest absolute Gasteiger partial charge is 0.492 e. The fraction of sp³-hybridized carbons (Fsp3) is 0.556. The molecule has 0 aliphatic heterocycles. The van der Waals surface area contributed by atoms with E-state index in [1.54, 1.807) is 18.2 Å². The zero-order chi connectivity index (χ0) is 17.8. The molecule has 5 heteroatoms. The summed E-state index contributed by atoms with van der Waals surface area (Å²) in [4.78, 5) is 24.4. The molecule has 0 bridgehead atoms. The van der Waals surface area contributed by atoms with Crippen molar-refractivity contribution in [3.8, 4) is 5.75 Å². The number of amides is 1. The fourth-order valence-corrected chi connectivity index (χ4v) is 2.09. The quantitative estimate of drug-likeness (QED) is 0.573.